The van der Waals surface area contributed by atoms with Crippen molar-refractivity contribution in [3.05, 3.63) is 104 Å². The summed E-state index contributed by atoms with van der Waals surface area (Å²) in [5.41, 5.74) is -0.0865. The zero-order valence-corrected chi connectivity index (χ0v) is 20.3. The summed E-state index contributed by atoms with van der Waals surface area (Å²) < 4.78 is 26.8. The van der Waals surface area contributed by atoms with Crippen molar-refractivity contribution in [2.45, 2.75) is 50.3 Å². The van der Waals surface area contributed by atoms with E-state index < -0.39 is 35.0 Å². The van der Waals surface area contributed by atoms with Gasteiger partial charge < -0.3 is 24.1 Å². The first kappa shape index (κ1) is 24.6. The third-order valence-corrected chi connectivity index (χ3v) is 7.01. The van der Waals surface area contributed by atoms with Crippen LogP contribution in [0.25, 0.3) is 0 Å². The van der Waals surface area contributed by atoms with E-state index in [0.717, 1.165) is 15.7 Å². The van der Waals surface area contributed by atoms with Crippen LogP contribution >= 0.6 is 0 Å². The average molecular weight is 495 g/mol. The molecule has 9 nitrogen and oxygen atoms in total. The van der Waals surface area contributed by atoms with E-state index in [1.165, 1.54) is 17.8 Å². The second-order valence-corrected chi connectivity index (χ2v) is 9.30. The molecule has 9 heteroatoms. The van der Waals surface area contributed by atoms with E-state index in [1.54, 1.807) is 6.92 Å². The van der Waals surface area contributed by atoms with Crippen LogP contribution in [0.5, 0.6) is 0 Å². The lowest BCUT2D eigenvalue weighted by atomic mass is 9.87. The summed E-state index contributed by atoms with van der Waals surface area (Å²) >= 11 is 0. The molecule has 190 valence electrons. The molecule has 3 aromatic rings. The molecule has 2 saturated heterocycles. The van der Waals surface area contributed by atoms with Crippen molar-refractivity contribution in [1.82, 2.24) is 9.13 Å². The van der Waals surface area contributed by atoms with Crippen LogP contribution in [0.1, 0.15) is 29.3 Å². The Morgan fingerprint density at radius 2 is 1.67 bits per heavy atom. The number of aryl methyl sites for hydroxylation is 1. The summed E-state index contributed by atoms with van der Waals surface area (Å²) in [5, 5.41) is 12.0. The van der Waals surface area contributed by atoms with E-state index in [-0.39, 0.29) is 19.8 Å². The Labute approximate surface area is 208 Å². The average Bonchev–Trinajstić information content (AvgIpc) is 3.35. The topological polar surface area (TPSA) is 101 Å². The maximum atomic E-state index is 13.1. The van der Waals surface area contributed by atoms with Gasteiger partial charge in [0, 0.05) is 25.2 Å². The highest BCUT2D eigenvalue weighted by molar-refractivity contribution is 5.18. The van der Waals surface area contributed by atoms with Gasteiger partial charge in [0.2, 0.25) is 5.79 Å². The minimum absolute atomic E-state index is 0.103. The first-order valence-electron chi connectivity index (χ1n) is 12.0. The number of hydrogen-bond acceptors (Lipinski definition) is 7. The molecular formula is C27H30N2O7. The molecule has 4 atom stereocenters. The summed E-state index contributed by atoms with van der Waals surface area (Å²) in [6.07, 6.45) is -0.249. The van der Waals surface area contributed by atoms with Crippen LogP contribution in [-0.4, -0.2) is 44.9 Å². The second kappa shape index (κ2) is 9.76. The number of nitrogens with zero attached hydrogens (tertiary/aromatic N) is 2. The fraction of sp³-hybridized carbons (Fsp3) is 0.407. The molecule has 2 aliphatic heterocycles. The Hall–Kier alpha value is -3.08. The highest BCUT2D eigenvalue weighted by Crippen LogP contribution is 2.54. The Bertz CT molecular complexity index is 1320. The molecule has 3 heterocycles. The number of hydrogen-bond donors (Lipinski definition) is 1. The number of rotatable bonds is 8. The van der Waals surface area contributed by atoms with Gasteiger partial charge in [0.15, 0.2) is 11.8 Å². The third-order valence-electron chi connectivity index (χ3n) is 7.01. The van der Waals surface area contributed by atoms with E-state index in [0.29, 0.717) is 18.6 Å². The molecule has 1 N–H and O–H groups in total. The highest BCUT2D eigenvalue weighted by atomic mass is 16.7. The molecular weight excluding hydrogens is 464 g/mol. The Morgan fingerprint density at radius 1 is 1.03 bits per heavy atom. The van der Waals surface area contributed by atoms with Crippen molar-refractivity contribution in [3.63, 3.8) is 0 Å². The largest absolute Gasteiger partial charge is 0.374 e. The summed E-state index contributed by atoms with van der Waals surface area (Å²) in [5.74, 6) is -1.98. The van der Waals surface area contributed by atoms with Crippen molar-refractivity contribution >= 4 is 0 Å². The molecule has 36 heavy (non-hydrogen) atoms. The first-order chi connectivity index (χ1) is 17.4. The third kappa shape index (κ3) is 4.12. The van der Waals surface area contributed by atoms with Crippen molar-refractivity contribution in [2.24, 2.45) is 7.05 Å². The maximum Gasteiger partial charge on any atom is 0.333 e. The summed E-state index contributed by atoms with van der Waals surface area (Å²) in [7, 11) is 1.39. The van der Waals surface area contributed by atoms with Gasteiger partial charge in [-0.25, -0.2) is 4.79 Å². The van der Waals surface area contributed by atoms with E-state index in [4.69, 9.17) is 18.9 Å². The van der Waals surface area contributed by atoms with Crippen molar-refractivity contribution in [1.29, 1.82) is 0 Å². The van der Waals surface area contributed by atoms with Gasteiger partial charge in [-0.1, -0.05) is 60.7 Å². The fourth-order valence-electron chi connectivity index (χ4n) is 5.04. The first-order valence-corrected chi connectivity index (χ1v) is 12.0. The van der Waals surface area contributed by atoms with Crippen molar-refractivity contribution in [3.8, 4) is 0 Å². The van der Waals surface area contributed by atoms with Crippen LogP contribution in [0.15, 0.2) is 76.4 Å². The summed E-state index contributed by atoms with van der Waals surface area (Å²) in [4.78, 5) is 25.4. The van der Waals surface area contributed by atoms with Crippen molar-refractivity contribution < 1.29 is 24.1 Å². The number of ether oxygens (including phenoxy) is 4. The van der Waals surface area contributed by atoms with E-state index in [2.05, 4.69) is 0 Å². The lowest BCUT2D eigenvalue weighted by Crippen LogP contribution is -2.58. The fourth-order valence-corrected chi connectivity index (χ4v) is 5.04. The van der Waals surface area contributed by atoms with Crippen LogP contribution in [0.4, 0.5) is 0 Å². The molecule has 0 unspecified atom stereocenters. The van der Waals surface area contributed by atoms with Gasteiger partial charge in [-0.2, -0.15) is 0 Å². The van der Waals surface area contributed by atoms with Gasteiger partial charge in [-0.05, 0) is 18.1 Å². The molecule has 0 spiro atoms. The molecule has 2 fully saturated rings. The highest BCUT2D eigenvalue weighted by Gasteiger charge is 2.72. The smallest absolute Gasteiger partial charge is 0.333 e. The van der Waals surface area contributed by atoms with Crippen LogP contribution in [-0.2, 0) is 39.2 Å². The van der Waals surface area contributed by atoms with Crippen LogP contribution in [0.3, 0.4) is 0 Å². The molecule has 0 saturated carbocycles. The molecule has 2 aliphatic rings. The van der Waals surface area contributed by atoms with Gasteiger partial charge in [0.25, 0.3) is 5.56 Å². The zero-order valence-electron chi connectivity index (χ0n) is 20.3. The molecule has 0 amide bonds. The molecule has 2 aromatic carbocycles. The standard InChI is InChI=1S/C27H30N2O7/c1-19-15-29(25(31)28(2)23(19)30)24-27(32)26(13-14-34-27,35-17-21-11-7-4-8-12-21)22(36-24)18-33-16-20-9-5-3-6-10-20/h3-12,15,22,24,32H,13-14,16-18H2,1-2H3/t22-,24-,26-,27-/m1/s1. The lowest BCUT2D eigenvalue weighted by Gasteiger charge is -2.37. The van der Waals surface area contributed by atoms with Gasteiger partial charge in [0.1, 0.15) is 6.10 Å². The van der Waals surface area contributed by atoms with Crippen LogP contribution in [0.2, 0.25) is 0 Å². The van der Waals surface area contributed by atoms with E-state index in [9.17, 15) is 14.7 Å². The molecule has 1 aromatic heterocycles. The Morgan fingerprint density at radius 3 is 2.33 bits per heavy atom. The quantitative estimate of drug-likeness (QED) is 0.511. The van der Waals surface area contributed by atoms with E-state index in [1.807, 2.05) is 60.7 Å². The number of aliphatic hydroxyl groups is 1. The Kier molecular flexibility index (Phi) is 6.67. The van der Waals surface area contributed by atoms with Gasteiger partial charge in [-0.15, -0.1) is 0 Å². The molecule has 5 rings (SSSR count). The predicted molar refractivity (Wildman–Crippen MR) is 130 cm³/mol. The van der Waals surface area contributed by atoms with Crippen LogP contribution in [0, 0.1) is 6.92 Å². The van der Waals surface area contributed by atoms with Gasteiger partial charge in [0.05, 0.1) is 26.4 Å². The summed E-state index contributed by atoms with van der Waals surface area (Å²) in [6.45, 7) is 2.47. The second-order valence-electron chi connectivity index (χ2n) is 9.30. The zero-order chi connectivity index (χ0) is 25.3. The minimum Gasteiger partial charge on any atom is -0.374 e. The van der Waals surface area contributed by atoms with Gasteiger partial charge >= 0.3 is 5.69 Å². The minimum atomic E-state index is -1.98. The van der Waals surface area contributed by atoms with Crippen LogP contribution < -0.4 is 11.2 Å². The molecule has 0 bridgehead atoms. The van der Waals surface area contributed by atoms with Crippen molar-refractivity contribution in [2.75, 3.05) is 13.2 Å². The SMILES string of the molecule is Cc1cn([C@@H]2O[C@H](COCc3ccccc3)[C@]3(OCc4ccccc4)CCO[C@]23O)c(=O)n(C)c1=O. The molecule has 0 aliphatic carbocycles. The maximum absolute atomic E-state index is 13.1. The Balaban J connectivity index is 1.49. The number of aromatic nitrogens is 2. The molecule has 0 radical (unpaired) electrons. The number of fused-ring (bicyclic) bond motifs is 1. The number of benzene rings is 2. The normalized spacial score (nSPS) is 27.3. The summed E-state index contributed by atoms with van der Waals surface area (Å²) in [6, 6.07) is 19.3. The monoisotopic (exact) mass is 494 g/mol. The van der Waals surface area contributed by atoms with Gasteiger partial charge in [-0.3, -0.25) is 13.9 Å². The predicted octanol–water partition coefficient (Wildman–Crippen LogP) is 2.03. The lowest BCUT2D eigenvalue weighted by molar-refractivity contribution is -0.282. The van der Waals surface area contributed by atoms with E-state index >= 15 is 0 Å².